The van der Waals surface area contributed by atoms with Crippen LogP contribution in [-0.2, 0) is 61.6 Å². The summed E-state index contributed by atoms with van der Waals surface area (Å²) >= 11 is 0. The van der Waals surface area contributed by atoms with Crippen molar-refractivity contribution in [2.24, 2.45) is 0 Å². The molecule has 2 unspecified atom stereocenters. The second-order valence-electron chi connectivity index (χ2n) is 10.1. The van der Waals surface area contributed by atoms with E-state index in [0.717, 1.165) is 25.8 Å². The quantitative estimate of drug-likeness (QED) is 0.0513. The van der Waals surface area contributed by atoms with Crippen molar-refractivity contribution >= 4 is 5.97 Å². The molecule has 15 nitrogen and oxygen atoms in total. The van der Waals surface area contributed by atoms with Gasteiger partial charge in [0, 0.05) is 40.5 Å². The zero-order chi connectivity index (χ0) is 33.3. The molecule has 1 aliphatic rings. The van der Waals surface area contributed by atoms with Gasteiger partial charge in [0.2, 0.25) is 0 Å². The number of carbonyl (C=O) groups is 1. The van der Waals surface area contributed by atoms with E-state index < -0.39 is 5.97 Å². The van der Waals surface area contributed by atoms with Crippen molar-refractivity contribution in [3.63, 3.8) is 0 Å². The molecule has 2 atom stereocenters. The van der Waals surface area contributed by atoms with Crippen LogP contribution in [0.15, 0.2) is 12.7 Å². The zero-order valence-corrected chi connectivity index (χ0v) is 28.4. The number of nitrogens with zero attached hydrogens (tertiary/aromatic N) is 2. The van der Waals surface area contributed by atoms with Gasteiger partial charge in [-0.3, -0.25) is 9.80 Å². The Morgan fingerprint density at radius 1 is 0.522 bits per heavy atom. The van der Waals surface area contributed by atoms with Crippen LogP contribution < -0.4 is 0 Å². The van der Waals surface area contributed by atoms with Gasteiger partial charge in [0.05, 0.1) is 144 Å². The highest BCUT2D eigenvalue weighted by Gasteiger charge is 2.39. The molecule has 0 aliphatic carbocycles. The third kappa shape index (κ3) is 23.1. The summed E-state index contributed by atoms with van der Waals surface area (Å²) in [6.45, 7) is 15.5. The molecule has 0 saturated carbocycles. The maximum Gasteiger partial charge on any atom is 0.330 e. The third-order valence-corrected chi connectivity index (χ3v) is 6.79. The van der Waals surface area contributed by atoms with E-state index in [2.05, 4.69) is 16.4 Å². The first-order chi connectivity index (χ1) is 22.7. The Morgan fingerprint density at radius 3 is 1.22 bits per heavy atom. The topological polar surface area (TPSA) is 134 Å². The summed E-state index contributed by atoms with van der Waals surface area (Å²) in [6.07, 6.45) is 1.12. The van der Waals surface area contributed by atoms with Crippen LogP contribution in [0.25, 0.3) is 0 Å². The molecule has 0 N–H and O–H groups in total. The smallest absolute Gasteiger partial charge is 0.330 e. The number of ether oxygens (including phenoxy) is 12. The SMILES string of the molecule is C=CC(=O)OCCOCCOCCOCCOCCOCCN1CN(CCOCCOC)C(COCCOC)C1COCCOC. The van der Waals surface area contributed by atoms with Crippen LogP contribution in [0.1, 0.15) is 0 Å². The molecule has 0 bridgehead atoms. The maximum atomic E-state index is 10.9. The van der Waals surface area contributed by atoms with Gasteiger partial charge in [-0.2, -0.15) is 0 Å². The summed E-state index contributed by atoms with van der Waals surface area (Å²) in [5.41, 5.74) is 0. The van der Waals surface area contributed by atoms with Gasteiger partial charge in [-0.1, -0.05) is 6.58 Å². The minimum absolute atomic E-state index is 0.140. The van der Waals surface area contributed by atoms with Gasteiger partial charge in [0.15, 0.2) is 0 Å². The summed E-state index contributed by atoms with van der Waals surface area (Å²) in [6, 6.07) is 0.286. The van der Waals surface area contributed by atoms with Crippen LogP contribution in [0.2, 0.25) is 0 Å². The Hall–Kier alpha value is -1.31. The Bertz CT molecular complexity index is 695. The van der Waals surface area contributed by atoms with Gasteiger partial charge in [0.1, 0.15) is 6.61 Å². The van der Waals surface area contributed by atoms with Crippen molar-refractivity contribution in [2.45, 2.75) is 12.1 Å². The van der Waals surface area contributed by atoms with Gasteiger partial charge < -0.3 is 56.8 Å². The van der Waals surface area contributed by atoms with Crippen LogP contribution in [0.5, 0.6) is 0 Å². The van der Waals surface area contributed by atoms with Crippen molar-refractivity contribution in [1.82, 2.24) is 9.80 Å². The molecular weight excluding hydrogens is 608 g/mol. The molecular formula is C31H60N2O13. The van der Waals surface area contributed by atoms with E-state index in [0.29, 0.717) is 126 Å². The van der Waals surface area contributed by atoms with Crippen LogP contribution in [-0.4, -0.2) is 201 Å². The van der Waals surface area contributed by atoms with Gasteiger partial charge >= 0.3 is 5.97 Å². The number of methoxy groups -OCH3 is 3. The molecule has 1 heterocycles. The minimum atomic E-state index is -0.459. The Balaban J connectivity index is 2.24. The first-order valence-corrected chi connectivity index (χ1v) is 16.0. The van der Waals surface area contributed by atoms with Crippen LogP contribution >= 0.6 is 0 Å². The minimum Gasteiger partial charge on any atom is -0.460 e. The molecule has 1 fully saturated rings. The number of esters is 1. The molecule has 0 aromatic carbocycles. The monoisotopic (exact) mass is 668 g/mol. The lowest BCUT2D eigenvalue weighted by Crippen LogP contribution is -2.45. The largest absolute Gasteiger partial charge is 0.460 e. The molecule has 272 valence electrons. The molecule has 1 rings (SSSR count). The number of hydrogen-bond acceptors (Lipinski definition) is 15. The van der Waals surface area contributed by atoms with Crippen LogP contribution in [0, 0.1) is 0 Å². The molecule has 0 radical (unpaired) electrons. The van der Waals surface area contributed by atoms with E-state index in [4.69, 9.17) is 56.8 Å². The van der Waals surface area contributed by atoms with Crippen LogP contribution in [0.3, 0.4) is 0 Å². The standard InChI is InChI=1S/C31H60N2O13/c1-5-31(34)46-25-24-43-23-22-42-21-20-41-19-18-40-17-16-39-9-7-33-28-32(6-8-38-13-10-35-2)29(26-44-14-11-36-3)30(33)27-45-15-12-37-4/h5,29-30H,1,6-28H2,2-4H3. The van der Waals surface area contributed by atoms with Crippen molar-refractivity contribution in [3.8, 4) is 0 Å². The normalized spacial score (nSPS) is 17.2. The average molecular weight is 669 g/mol. The summed E-state index contributed by atoms with van der Waals surface area (Å²) in [7, 11) is 5.01. The van der Waals surface area contributed by atoms with Gasteiger partial charge in [-0.15, -0.1) is 0 Å². The van der Waals surface area contributed by atoms with Crippen molar-refractivity contribution in [3.05, 3.63) is 12.7 Å². The fraction of sp³-hybridized carbons (Fsp3) is 0.903. The van der Waals surface area contributed by atoms with Gasteiger partial charge in [0.25, 0.3) is 0 Å². The van der Waals surface area contributed by atoms with Crippen LogP contribution in [0.4, 0.5) is 0 Å². The average Bonchev–Trinajstić information content (AvgIpc) is 3.39. The number of rotatable bonds is 35. The fourth-order valence-electron chi connectivity index (χ4n) is 4.38. The molecule has 0 spiro atoms. The van der Waals surface area contributed by atoms with Crippen molar-refractivity contribution in [1.29, 1.82) is 0 Å². The number of hydrogen-bond donors (Lipinski definition) is 0. The lowest BCUT2D eigenvalue weighted by Gasteiger charge is -2.28. The predicted molar refractivity (Wildman–Crippen MR) is 169 cm³/mol. The Kier molecular flexibility index (Phi) is 29.9. The second-order valence-corrected chi connectivity index (χ2v) is 10.1. The summed E-state index contributed by atoms with van der Waals surface area (Å²) in [5, 5.41) is 0. The molecule has 1 saturated heterocycles. The van der Waals surface area contributed by atoms with E-state index in [-0.39, 0.29) is 18.7 Å². The highest BCUT2D eigenvalue weighted by Crippen LogP contribution is 2.22. The summed E-state index contributed by atoms with van der Waals surface area (Å²) in [5.74, 6) is -0.459. The zero-order valence-electron chi connectivity index (χ0n) is 28.4. The van der Waals surface area contributed by atoms with Crippen molar-refractivity contribution in [2.75, 3.05) is 173 Å². The highest BCUT2D eigenvalue weighted by atomic mass is 16.6. The van der Waals surface area contributed by atoms with E-state index in [1.54, 1.807) is 21.3 Å². The Labute approximate surface area is 275 Å². The predicted octanol–water partition coefficient (Wildman–Crippen LogP) is 0.0999. The Morgan fingerprint density at radius 2 is 0.848 bits per heavy atom. The summed E-state index contributed by atoms with van der Waals surface area (Å²) in [4.78, 5) is 15.7. The summed E-state index contributed by atoms with van der Waals surface area (Å²) < 4.78 is 65.7. The van der Waals surface area contributed by atoms with E-state index in [9.17, 15) is 4.79 Å². The van der Waals surface area contributed by atoms with Gasteiger partial charge in [-0.25, -0.2) is 4.79 Å². The third-order valence-electron chi connectivity index (χ3n) is 6.79. The number of carbonyl (C=O) groups excluding carboxylic acids is 1. The first kappa shape index (κ1) is 42.7. The molecule has 46 heavy (non-hydrogen) atoms. The van der Waals surface area contributed by atoms with E-state index in [1.165, 1.54) is 0 Å². The fourth-order valence-corrected chi connectivity index (χ4v) is 4.38. The van der Waals surface area contributed by atoms with Gasteiger partial charge in [-0.05, 0) is 0 Å². The van der Waals surface area contributed by atoms with Crippen molar-refractivity contribution < 1.29 is 61.6 Å². The molecule has 0 aromatic heterocycles. The lowest BCUT2D eigenvalue weighted by molar-refractivity contribution is -0.139. The molecule has 0 amide bonds. The van der Waals surface area contributed by atoms with E-state index in [1.807, 2.05) is 0 Å². The molecule has 1 aliphatic heterocycles. The second kappa shape index (κ2) is 32.2. The highest BCUT2D eigenvalue weighted by molar-refractivity contribution is 5.81. The lowest BCUT2D eigenvalue weighted by atomic mass is 10.1. The first-order valence-electron chi connectivity index (χ1n) is 16.0. The van der Waals surface area contributed by atoms with E-state index >= 15 is 0 Å². The molecule has 15 heteroatoms. The maximum absolute atomic E-state index is 10.9. The molecule has 0 aromatic rings.